The number of hydrogen-bond acceptors (Lipinski definition) is 4. The van der Waals surface area contributed by atoms with Crippen LogP contribution in [0, 0.1) is 0 Å². The van der Waals surface area contributed by atoms with E-state index in [9.17, 15) is 0 Å². The van der Waals surface area contributed by atoms with Crippen molar-refractivity contribution < 1.29 is 14.2 Å². The molecular formula is C17H27NO3. The third kappa shape index (κ3) is 4.35. The number of ether oxygens (including phenoxy) is 3. The molecule has 0 radical (unpaired) electrons. The van der Waals surface area contributed by atoms with Crippen LogP contribution >= 0.6 is 0 Å². The van der Waals surface area contributed by atoms with Crippen LogP contribution in [0.25, 0.3) is 0 Å². The van der Waals surface area contributed by atoms with Gasteiger partial charge in [0.15, 0.2) is 0 Å². The second kappa shape index (κ2) is 7.14. The summed E-state index contributed by atoms with van der Waals surface area (Å²) < 4.78 is 17.2. The van der Waals surface area contributed by atoms with Crippen molar-refractivity contribution in [2.75, 3.05) is 26.9 Å². The zero-order valence-electron chi connectivity index (χ0n) is 13.6. The van der Waals surface area contributed by atoms with Gasteiger partial charge in [0.05, 0.1) is 6.61 Å². The van der Waals surface area contributed by atoms with Crippen molar-refractivity contribution in [1.82, 2.24) is 5.32 Å². The summed E-state index contributed by atoms with van der Waals surface area (Å²) in [6.07, 6.45) is 1.86. The highest BCUT2D eigenvalue weighted by molar-refractivity contribution is 5.44. The predicted octanol–water partition coefficient (Wildman–Crippen LogP) is 3.31. The average molecular weight is 293 g/mol. The standard InChI is InChI=1S/C17H27NO3/c1-5-19-9-6-10-20-13-7-8-14-15(18-4)12-17(2,3)21-16(14)11-13/h7-8,11,15,18H,5-6,9-10,12H2,1-4H3. The highest BCUT2D eigenvalue weighted by Crippen LogP contribution is 2.40. The topological polar surface area (TPSA) is 39.7 Å². The lowest BCUT2D eigenvalue weighted by Gasteiger charge is -2.37. The van der Waals surface area contributed by atoms with Gasteiger partial charge in [0.2, 0.25) is 0 Å². The van der Waals surface area contributed by atoms with Crippen LogP contribution in [0.3, 0.4) is 0 Å². The molecule has 0 aromatic heterocycles. The second-order valence-corrected chi connectivity index (χ2v) is 6.01. The van der Waals surface area contributed by atoms with Crippen molar-refractivity contribution in [3.63, 3.8) is 0 Å². The van der Waals surface area contributed by atoms with Gasteiger partial charge in [0.1, 0.15) is 17.1 Å². The molecule has 0 fully saturated rings. The molecule has 4 heteroatoms. The number of benzene rings is 1. The molecule has 0 saturated carbocycles. The van der Waals surface area contributed by atoms with Crippen LogP contribution in [0.5, 0.6) is 11.5 Å². The Labute approximate surface area is 127 Å². The maximum Gasteiger partial charge on any atom is 0.128 e. The summed E-state index contributed by atoms with van der Waals surface area (Å²) in [5.41, 5.74) is 1.05. The molecule has 0 bridgehead atoms. The molecule has 1 unspecified atom stereocenters. The Hall–Kier alpha value is -1.26. The quantitative estimate of drug-likeness (QED) is 0.783. The molecule has 2 rings (SSSR count). The molecule has 0 aliphatic carbocycles. The fraction of sp³-hybridized carbons (Fsp3) is 0.647. The van der Waals surface area contributed by atoms with Crippen molar-refractivity contribution in [2.45, 2.75) is 45.3 Å². The zero-order valence-corrected chi connectivity index (χ0v) is 13.6. The van der Waals surface area contributed by atoms with Gasteiger partial charge in [-0.15, -0.1) is 0 Å². The SMILES string of the molecule is CCOCCCOc1ccc2c(c1)OC(C)(C)CC2NC. The van der Waals surface area contributed by atoms with Crippen molar-refractivity contribution in [1.29, 1.82) is 0 Å². The lowest BCUT2D eigenvalue weighted by molar-refractivity contribution is 0.0670. The van der Waals surface area contributed by atoms with Gasteiger partial charge >= 0.3 is 0 Å². The summed E-state index contributed by atoms with van der Waals surface area (Å²) in [7, 11) is 1.99. The molecule has 118 valence electrons. The number of hydrogen-bond donors (Lipinski definition) is 1. The first kappa shape index (κ1) is 16.1. The molecule has 0 spiro atoms. The van der Waals surface area contributed by atoms with E-state index in [1.807, 2.05) is 26.1 Å². The van der Waals surface area contributed by atoms with Gasteiger partial charge in [-0.05, 0) is 33.9 Å². The number of rotatable bonds is 7. The third-order valence-electron chi connectivity index (χ3n) is 3.70. The minimum atomic E-state index is -0.158. The largest absolute Gasteiger partial charge is 0.493 e. The van der Waals surface area contributed by atoms with Crippen molar-refractivity contribution >= 4 is 0 Å². The minimum absolute atomic E-state index is 0.158. The lowest BCUT2D eigenvalue weighted by Crippen LogP contribution is -2.38. The Morgan fingerprint density at radius 2 is 2.14 bits per heavy atom. The highest BCUT2D eigenvalue weighted by atomic mass is 16.5. The summed E-state index contributed by atoms with van der Waals surface area (Å²) in [6, 6.07) is 6.45. The van der Waals surface area contributed by atoms with E-state index < -0.39 is 0 Å². The molecule has 1 atom stereocenters. The first-order valence-electron chi connectivity index (χ1n) is 7.76. The van der Waals surface area contributed by atoms with Crippen LogP contribution in [0.15, 0.2) is 18.2 Å². The van der Waals surface area contributed by atoms with Gasteiger partial charge in [-0.2, -0.15) is 0 Å². The molecular weight excluding hydrogens is 266 g/mol. The third-order valence-corrected chi connectivity index (χ3v) is 3.70. The molecule has 1 aliphatic rings. The Morgan fingerprint density at radius 3 is 2.86 bits per heavy atom. The highest BCUT2D eigenvalue weighted by Gasteiger charge is 2.33. The molecule has 1 aromatic carbocycles. The van der Waals surface area contributed by atoms with Crippen LogP contribution in [0.2, 0.25) is 0 Å². The van der Waals surface area contributed by atoms with Crippen molar-refractivity contribution in [2.24, 2.45) is 0 Å². The van der Waals surface area contributed by atoms with Gasteiger partial charge in [0, 0.05) is 43.7 Å². The Kier molecular flexibility index (Phi) is 5.48. The Balaban J connectivity index is 2.01. The maximum absolute atomic E-state index is 6.09. The summed E-state index contributed by atoms with van der Waals surface area (Å²) in [5, 5.41) is 3.36. The molecule has 1 heterocycles. The fourth-order valence-corrected chi connectivity index (χ4v) is 2.67. The molecule has 4 nitrogen and oxygen atoms in total. The second-order valence-electron chi connectivity index (χ2n) is 6.01. The summed E-state index contributed by atoms with van der Waals surface area (Å²) in [4.78, 5) is 0. The van der Waals surface area contributed by atoms with E-state index in [-0.39, 0.29) is 5.60 Å². The Morgan fingerprint density at radius 1 is 1.33 bits per heavy atom. The smallest absolute Gasteiger partial charge is 0.128 e. The lowest BCUT2D eigenvalue weighted by atomic mass is 9.90. The molecule has 0 amide bonds. The summed E-state index contributed by atoms with van der Waals surface area (Å²) in [6.45, 7) is 8.41. The maximum atomic E-state index is 6.09. The van der Waals surface area contributed by atoms with Crippen LogP contribution in [0.4, 0.5) is 0 Å². The molecule has 1 aliphatic heterocycles. The van der Waals surface area contributed by atoms with Gasteiger partial charge in [0.25, 0.3) is 0 Å². The van der Waals surface area contributed by atoms with E-state index in [4.69, 9.17) is 14.2 Å². The van der Waals surface area contributed by atoms with Crippen LogP contribution in [0.1, 0.15) is 45.2 Å². The zero-order chi connectivity index (χ0) is 15.3. The normalized spacial score (nSPS) is 19.7. The van der Waals surface area contributed by atoms with Crippen LogP contribution in [-0.4, -0.2) is 32.5 Å². The first-order valence-corrected chi connectivity index (χ1v) is 7.76. The van der Waals surface area contributed by atoms with E-state index in [1.54, 1.807) is 0 Å². The molecule has 1 N–H and O–H groups in total. The van der Waals surface area contributed by atoms with E-state index >= 15 is 0 Å². The van der Waals surface area contributed by atoms with E-state index in [2.05, 4.69) is 25.2 Å². The molecule has 0 saturated heterocycles. The molecule has 21 heavy (non-hydrogen) atoms. The van der Waals surface area contributed by atoms with Crippen LogP contribution < -0.4 is 14.8 Å². The number of fused-ring (bicyclic) bond motifs is 1. The van der Waals surface area contributed by atoms with Crippen LogP contribution in [-0.2, 0) is 4.74 Å². The summed E-state index contributed by atoms with van der Waals surface area (Å²) in [5.74, 6) is 1.78. The predicted molar refractivity (Wildman–Crippen MR) is 84.2 cm³/mol. The fourth-order valence-electron chi connectivity index (χ4n) is 2.67. The van der Waals surface area contributed by atoms with Crippen molar-refractivity contribution in [3.8, 4) is 11.5 Å². The minimum Gasteiger partial charge on any atom is -0.493 e. The first-order chi connectivity index (χ1) is 10.1. The van der Waals surface area contributed by atoms with Gasteiger partial charge in [-0.1, -0.05) is 6.07 Å². The Bertz CT molecular complexity index is 459. The summed E-state index contributed by atoms with van der Waals surface area (Å²) >= 11 is 0. The van der Waals surface area contributed by atoms with Gasteiger partial charge in [-0.3, -0.25) is 0 Å². The van der Waals surface area contributed by atoms with Crippen molar-refractivity contribution in [3.05, 3.63) is 23.8 Å². The van der Waals surface area contributed by atoms with Gasteiger partial charge < -0.3 is 19.5 Å². The van der Waals surface area contributed by atoms with Gasteiger partial charge in [-0.25, -0.2) is 0 Å². The average Bonchev–Trinajstić information content (AvgIpc) is 2.44. The van der Waals surface area contributed by atoms with E-state index in [1.165, 1.54) is 5.56 Å². The monoisotopic (exact) mass is 293 g/mol. The molecule has 1 aromatic rings. The van der Waals surface area contributed by atoms with E-state index in [0.29, 0.717) is 12.6 Å². The van der Waals surface area contributed by atoms with E-state index in [0.717, 1.165) is 37.6 Å². The number of nitrogens with one attached hydrogen (secondary N) is 1.